The second-order valence-corrected chi connectivity index (χ2v) is 6.36. The van der Waals surface area contributed by atoms with Crippen LogP contribution in [-0.2, 0) is 12.8 Å². The van der Waals surface area contributed by atoms with Crippen molar-refractivity contribution in [1.29, 1.82) is 0 Å². The van der Waals surface area contributed by atoms with E-state index >= 15 is 0 Å². The summed E-state index contributed by atoms with van der Waals surface area (Å²) >= 11 is 1.61. The van der Waals surface area contributed by atoms with Gasteiger partial charge in [0.2, 0.25) is 0 Å². The van der Waals surface area contributed by atoms with Gasteiger partial charge in [-0.05, 0) is 25.0 Å². The number of hydrogen-bond acceptors (Lipinski definition) is 4. The lowest BCUT2D eigenvalue weighted by atomic mass is 10.1. The highest BCUT2D eigenvalue weighted by molar-refractivity contribution is 7.09. The molecule has 2 rings (SSSR count). The van der Waals surface area contributed by atoms with Crippen molar-refractivity contribution in [3.63, 3.8) is 0 Å². The third-order valence-electron chi connectivity index (χ3n) is 3.79. The third-order valence-corrected chi connectivity index (χ3v) is 4.63. The van der Waals surface area contributed by atoms with E-state index in [0.717, 1.165) is 29.2 Å². The normalized spacial score (nSPS) is 11.8. The molecule has 0 saturated carbocycles. The van der Waals surface area contributed by atoms with Crippen LogP contribution in [0.3, 0.4) is 0 Å². The zero-order valence-corrected chi connectivity index (χ0v) is 14.6. The molecule has 1 N–H and O–H groups in total. The zero-order valence-electron chi connectivity index (χ0n) is 13.8. The molecule has 0 aliphatic heterocycles. The van der Waals surface area contributed by atoms with Gasteiger partial charge in [0.05, 0.1) is 12.1 Å². The molecule has 0 aliphatic rings. The Kier molecular flexibility index (Phi) is 6.40. The lowest BCUT2D eigenvalue weighted by Gasteiger charge is -2.25. The van der Waals surface area contributed by atoms with Crippen LogP contribution in [-0.4, -0.2) is 42.7 Å². The molecule has 2 amide bonds. The smallest absolute Gasteiger partial charge is 0.317 e. The zero-order chi connectivity index (χ0) is 16.7. The lowest BCUT2D eigenvalue weighted by molar-refractivity contribution is 0.193. The summed E-state index contributed by atoms with van der Waals surface area (Å²) in [6.07, 6.45) is 3.29. The van der Waals surface area contributed by atoms with Gasteiger partial charge in [-0.2, -0.15) is 0 Å². The van der Waals surface area contributed by atoms with E-state index in [2.05, 4.69) is 10.3 Å². The van der Waals surface area contributed by atoms with Gasteiger partial charge in [-0.15, -0.1) is 11.3 Å². The van der Waals surface area contributed by atoms with E-state index in [9.17, 15) is 4.79 Å². The van der Waals surface area contributed by atoms with Gasteiger partial charge < -0.3 is 15.0 Å². The number of carbonyl (C=O) groups excluding carboxylic acids is 1. The molecular weight excluding hydrogens is 310 g/mol. The highest BCUT2D eigenvalue weighted by Gasteiger charge is 2.17. The van der Waals surface area contributed by atoms with Gasteiger partial charge in [0.1, 0.15) is 5.75 Å². The van der Waals surface area contributed by atoms with Gasteiger partial charge in [-0.25, -0.2) is 9.78 Å². The van der Waals surface area contributed by atoms with Crippen molar-refractivity contribution in [2.45, 2.75) is 25.8 Å². The largest absolute Gasteiger partial charge is 0.496 e. The Balaban J connectivity index is 1.83. The molecule has 2 aromatic rings. The number of thiazole rings is 1. The minimum absolute atomic E-state index is 0.0658. The van der Waals surface area contributed by atoms with Crippen LogP contribution in [0.5, 0.6) is 5.75 Å². The van der Waals surface area contributed by atoms with Crippen molar-refractivity contribution >= 4 is 17.4 Å². The Morgan fingerprint density at radius 2 is 2.22 bits per heavy atom. The highest BCUT2D eigenvalue weighted by Crippen LogP contribution is 2.20. The molecule has 5 nitrogen and oxygen atoms in total. The first-order valence-electron chi connectivity index (χ1n) is 7.62. The van der Waals surface area contributed by atoms with Crippen LogP contribution >= 0.6 is 11.3 Å². The molecule has 6 heteroatoms. The van der Waals surface area contributed by atoms with E-state index in [1.54, 1.807) is 29.5 Å². The molecule has 0 radical (unpaired) electrons. The van der Waals surface area contributed by atoms with Crippen molar-refractivity contribution in [3.05, 3.63) is 46.4 Å². The lowest BCUT2D eigenvalue weighted by Crippen LogP contribution is -2.43. The number of nitrogens with one attached hydrogen (secondary N) is 1. The SMILES string of the molecule is COc1ccccc1C[C@@H](C)N(C)C(=O)NCCc1nccs1. The van der Waals surface area contributed by atoms with Crippen molar-refractivity contribution < 1.29 is 9.53 Å². The Morgan fingerprint density at radius 1 is 1.43 bits per heavy atom. The van der Waals surface area contributed by atoms with Crippen molar-refractivity contribution in [2.75, 3.05) is 20.7 Å². The van der Waals surface area contributed by atoms with E-state index in [1.165, 1.54) is 0 Å². The first-order valence-corrected chi connectivity index (χ1v) is 8.50. The van der Waals surface area contributed by atoms with Gasteiger partial charge in [0.15, 0.2) is 0 Å². The number of nitrogens with zero attached hydrogens (tertiary/aromatic N) is 2. The molecule has 0 fully saturated rings. The fourth-order valence-corrected chi connectivity index (χ4v) is 2.92. The maximum atomic E-state index is 12.2. The van der Waals surface area contributed by atoms with Gasteiger partial charge >= 0.3 is 6.03 Å². The van der Waals surface area contributed by atoms with E-state index in [1.807, 2.05) is 43.6 Å². The quantitative estimate of drug-likeness (QED) is 0.847. The third kappa shape index (κ3) is 4.96. The van der Waals surface area contributed by atoms with Crippen molar-refractivity contribution in [1.82, 2.24) is 15.2 Å². The monoisotopic (exact) mass is 333 g/mol. The molecule has 23 heavy (non-hydrogen) atoms. The fourth-order valence-electron chi connectivity index (χ4n) is 2.30. The minimum atomic E-state index is -0.0658. The molecule has 1 atom stereocenters. The van der Waals surface area contributed by atoms with Crippen LogP contribution in [0.1, 0.15) is 17.5 Å². The number of rotatable bonds is 7. The number of ether oxygens (including phenoxy) is 1. The molecular formula is C17H23N3O2S. The van der Waals surface area contributed by atoms with E-state index in [-0.39, 0.29) is 12.1 Å². The van der Waals surface area contributed by atoms with Gasteiger partial charge in [-0.1, -0.05) is 18.2 Å². The summed E-state index contributed by atoms with van der Waals surface area (Å²) in [5.41, 5.74) is 1.10. The first-order chi connectivity index (χ1) is 11.1. The molecule has 1 aromatic carbocycles. The molecule has 124 valence electrons. The number of urea groups is 1. The summed E-state index contributed by atoms with van der Waals surface area (Å²) in [6.45, 7) is 2.63. The van der Waals surface area contributed by atoms with Crippen molar-refractivity contribution in [3.8, 4) is 5.75 Å². The average molecular weight is 333 g/mol. The molecule has 1 aromatic heterocycles. The number of amides is 2. The number of carbonyl (C=O) groups is 1. The number of para-hydroxylation sites is 1. The van der Waals surface area contributed by atoms with Crippen LogP contribution in [0.4, 0.5) is 4.79 Å². The van der Waals surface area contributed by atoms with Crippen LogP contribution in [0.2, 0.25) is 0 Å². The van der Waals surface area contributed by atoms with Gasteiger partial charge in [-0.3, -0.25) is 0 Å². The van der Waals surface area contributed by atoms with E-state index < -0.39 is 0 Å². The number of aromatic nitrogens is 1. The van der Waals surface area contributed by atoms with Crippen LogP contribution < -0.4 is 10.1 Å². The molecule has 0 saturated heterocycles. The average Bonchev–Trinajstić information content (AvgIpc) is 3.07. The molecule has 0 bridgehead atoms. The number of benzene rings is 1. The number of methoxy groups -OCH3 is 1. The van der Waals surface area contributed by atoms with Gasteiger partial charge in [0, 0.05) is 37.6 Å². The van der Waals surface area contributed by atoms with Crippen LogP contribution in [0.25, 0.3) is 0 Å². The van der Waals surface area contributed by atoms with Gasteiger partial charge in [0.25, 0.3) is 0 Å². The topological polar surface area (TPSA) is 54.5 Å². The highest BCUT2D eigenvalue weighted by atomic mass is 32.1. The summed E-state index contributed by atoms with van der Waals surface area (Å²) < 4.78 is 5.37. The fraction of sp³-hybridized carbons (Fsp3) is 0.412. The molecule has 0 spiro atoms. The standard InChI is InChI=1S/C17H23N3O2S/c1-13(12-14-6-4-5-7-15(14)22-3)20(2)17(21)19-9-8-16-18-10-11-23-16/h4-7,10-11,13H,8-9,12H2,1-3H3,(H,19,21)/t13-/m1/s1. The first kappa shape index (κ1) is 17.3. The second-order valence-electron chi connectivity index (χ2n) is 5.38. The summed E-state index contributed by atoms with van der Waals surface area (Å²) in [5.74, 6) is 0.858. The summed E-state index contributed by atoms with van der Waals surface area (Å²) in [6, 6.07) is 7.91. The molecule has 1 heterocycles. The maximum absolute atomic E-state index is 12.2. The Morgan fingerprint density at radius 3 is 2.91 bits per heavy atom. The predicted octanol–water partition coefficient (Wildman–Crippen LogP) is 2.97. The van der Waals surface area contributed by atoms with E-state index in [4.69, 9.17) is 4.74 Å². The maximum Gasteiger partial charge on any atom is 0.317 e. The predicted molar refractivity (Wildman–Crippen MR) is 93.1 cm³/mol. The minimum Gasteiger partial charge on any atom is -0.496 e. The van der Waals surface area contributed by atoms with Crippen LogP contribution in [0, 0.1) is 0 Å². The Bertz CT molecular complexity index is 616. The molecule has 0 aliphatic carbocycles. The second kappa shape index (κ2) is 8.53. The number of likely N-dealkylation sites (N-methyl/N-ethyl adjacent to an activating group) is 1. The summed E-state index contributed by atoms with van der Waals surface area (Å²) in [5, 5.41) is 5.92. The Labute approximate surface area is 141 Å². The summed E-state index contributed by atoms with van der Waals surface area (Å²) in [7, 11) is 3.48. The molecule has 0 unspecified atom stereocenters. The summed E-state index contributed by atoms with van der Waals surface area (Å²) in [4.78, 5) is 18.2. The van der Waals surface area contributed by atoms with Crippen LogP contribution in [0.15, 0.2) is 35.8 Å². The Hall–Kier alpha value is -2.08. The van der Waals surface area contributed by atoms with Crippen molar-refractivity contribution in [2.24, 2.45) is 0 Å². The van der Waals surface area contributed by atoms with E-state index in [0.29, 0.717) is 6.54 Å². The number of hydrogen-bond donors (Lipinski definition) is 1.